The maximum Gasteiger partial charge on any atom is 0.191 e. The Morgan fingerprint density at radius 3 is 2.17 bits per heavy atom. The highest BCUT2D eigenvalue weighted by atomic mass is 32.1. The van der Waals surface area contributed by atoms with Crippen LogP contribution in [0.25, 0.3) is 0 Å². The highest BCUT2D eigenvalue weighted by Gasteiger charge is 2.32. The second-order valence-corrected chi connectivity index (χ2v) is 8.50. The van der Waals surface area contributed by atoms with E-state index in [1.54, 1.807) is 11.3 Å². The van der Waals surface area contributed by atoms with E-state index in [4.69, 9.17) is 0 Å². The number of hydrogen-bond donors (Lipinski definition) is 0. The summed E-state index contributed by atoms with van der Waals surface area (Å²) >= 11 is 1.78. The van der Waals surface area contributed by atoms with Gasteiger partial charge in [0.25, 0.3) is 0 Å². The van der Waals surface area contributed by atoms with Gasteiger partial charge < -0.3 is 9.80 Å². The summed E-state index contributed by atoms with van der Waals surface area (Å²) in [7, 11) is 3.82. The molecule has 6 nitrogen and oxygen atoms in total. The van der Waals surface area contributed by atoms with Crippen LogP contribution in [0.1, 0.15) is 4.88 Å². The number of piperazine rings is 1. The molecule has 0 aliphatic carbocycles. The molecular weight excluding hydrogens is 382 g/mol. The summed E-state index contributed by atoms with van der Waals surface area (Å²) in [6.07, 6.45) is 0. The number of Topliss-reactive ketones (excluding diaryl/α,β-unsaturated/α-hetero) is 1. The molecule has 0 spiro atoms. The molecule has 3 heterocycles. The topological polar surface area (TPSA) is 53.8 Å². The fourth-order valence-electron chi connectivity index (χ4n) is 4.07. The molecule has 1 fully saturated rings. The second-order valence-electron chi connectivity index (χ2n) is 7.47. The van der Waals surface area contributed by atoms with Crippen LogP contribution in [0.5, 0.6) is 0 Å². The molecule has 7 heteroatoms. The Morgan fingerprint density at radius 1 is 1.00 bits per heavy atom. The minimum absolute atomic E-state index is 0.110. The number of thiophene rings is 1. The van der Waals surface area contributed by atoms with Crippen LogP contribution >= 0.6 is 11.3 Å². The average molecular weight is 408 g/mol. The van der Waals surface area contributed by atoms with Crippen molar-refractivity contribution in [1.82, 2.24) is 9.80 Å². The quantitative estimate of drug-likeness (QED) is 0.561. The SMILES string of the molecule is CN1C(=C(C#N)C(=O)CN2CCN(Cc3cccs3)CC2)N(C)c2ccccc21. The smallest absolute Gasteiger partial charge is 0.191 e. The minimum Gasteiger partial charge on any atom is -0.328 e. The highest BCUT2D eigenvalue weighted by molar-refractivity contribution is 7.09. The van der Waals surface area contributed by atoms with E-state index in [1.807, 2.05) is 48.2 Å². The maximum absolute atomic E-state index is 13.0. The van der Waals surface area contributed by atoms with Gasteiger partial charge in [0.15, 0.2) is 5.78 Å². The van der Waals surface area contributed by atoms with Crippen molar-refractivity contribution in [3.63, 3.8) is 0 Å². The van der Waals surface area contributed by atoms with Crippen LogP contribution in [0, 0.1) is 11.3 Å². The molecule has 2 aromatic rings. The number of ketones is 1. The van der Waals surface area contributed by atoms with Gasteiger partial charge in [-0.05, 0) is 23.6 Å². The molecule has 2 aliphatic rings. The van der Waals surface area contributed by atoms with Gasteiger partial charge >= 0.3 is 0 Å². The van der Waals surface area contributed by atoms with E-state index in [-0.39, 0.29) is 17.9 Å². The largest absolute Gasteiger partial charge is 0.328 e. The van der Waals surface area contributed by atoms with Crippen molar-refractivity contribution in [3.8, 4) is 6.07 Å². The highest BCUT2D eigenvalue weighted by Crippen LogP contribution is 2.40. The summed E-state index contributed by atoms with van der Waals surface area (Å²) < 4.78 is 0. The van der Waals surface area contributed by atoms with Gasteiger partial charge in [0.1, 0.15) is 17.5 Å². The lowest BCUT2D eigenvalue weighted by Gasteiger charge is -2.34. The average Bonchev–Trinajstić information content (AvgIpc) is 3.33. The van der Waals surface area contributed by atoms with Gasteiger partial charge in [0.2, 0.25) is 0 Å². The third-order valence-electron chi connectivity index (χ3n) is 5.65. The summed E-state index contributed by atoms with van der Waals surface area (Å²) in [5.41, 5.74) is 2.24. The molecule has 1 aromatic carbocycles. The molecular formula is C22H25N5OS. The van der Waals surface area contributed by atoms with E-state index in [0.29, 0.717) is 5.82 Å². The standard InChI is InChI=1S/C22H25N5OS/c1-24-19-7-3-4-8-20(19)25(2)22(24)18(14-23)21(28)16-27-11-9-26(10-12-27)15-17-6-5-13-29-17/h3-8,13H,9-12,15-16H2,1-2H3. The Hall–Kier alpha value is -2.66. The van der Waals surface area contributed by atoms with Crippen LogP contribution in [0.15, 0.2) is 53.2 Å². The third kappa shape index (κ3) is 3.92. The fourth-order valence-corrected chi connectivity index (χ4v) is 4.81. The summed E-state index contributed by atoms with van der Waals surface area (Å²) in [5.74, 6) is 0.552. The van der Waals surface area contributed by atoms with Gasteiger partial charge in [0.05, 0.1) is 17.9 Å². The Bertz CT molecular complexity index is 923. The van der Waals surface area contributed by atoms with E-state index >= 15 is 0 Å². The van der Waals surface area contributed by atoms with Crippen molar-refractivity contribution in [2.24, 2.45) is 0 Å². The number of carbonyl (C=O) groups is 1. The van der Waals surface area contributed by atoms with Gasteiger partial charge in [-0.15, -0.1) is 11.3 Å². The van der Waals surface area contributed by atoms with Crippen LogP contribution in [0.4, 0.5) is 11.4 Å². The third-order valence-corrected chi connectivity index (χ3v) is 6.51. The number of nitriles is 1. The Balaban J connectivity index is 1.42. The molecule has 0 saturated carbocycles. The summed E-state index contributed by atoms with van der Waals surface area (Å²) in [5, 5.41) is 11.9. The molecule has 1 aromatic heterocycles. The molecule has 4 rings (SSSR count). The van der Waals surface area contributed by atoms with Gasteiger partial charge in [-0.1, -0.05) is 18.2 Å². The number of benzene rings is 1. The number of hydrogen-bond acceptors (Lipinski definition) is 7. The van der Waals surface area contributed by atoms with Crippen LogP contribution in [0.2, 0.25) is 0 Å². The first-order valence-corrected chi connectivity index (χ1v) is 10.7. The zero-order chi connectivity index (χ0) is 20.4. The molecule has 1 saturated heterocycles. The van der Waals surface area contributed by atoms with Crippen molar-refractivity contribution in [2.45, 2.75) is 6.54 Å². The summed E-state index contributed by atoms with van der Waals surface area (Å²) in [6.45, 7) is 4.83. The monoisotopic (exact) mass is 407 g/mol. The number of nitrogens with zero attached hydrogens (tertiary/aromatic N) is 5. The van der Waals surface area contributed by atoms with E-state index in [9.17, 15) is 10.1 Å². The van der Waals surface area contributed by atoms with Crippen LogP contribution < -0.4 is 9.80 Å². The zero-order valence-corrected chi connectivity index (χ0v) is 17.7. The lowest BCUT2D eigenvalue weighted by molar-refractivity contribution is -0.116. The lowest BCUT2D eigenvalue weighted by Crippen LogP contribution is -2.47. The van der Waals surface area contributed by atoms with E-state index in [1.165, 1.54) is 4.88 Å². The summed E-state index contributed by atoms with van der Waals surface area (Å²) in [6, 6.07) is 14.4. The predicted octanol–water partition coefficient (Wildman–Crippen LogP) is 2.76. The fraction of sp³-hybridized carbons (Fsp3) is 0.364. The molecule has 0 N–H and O–H groups in total. The minimum atomic E-state index is -0.110. The number of carbonyl (C=O) groups excluding carboxylic acids is 1. The van der Waals surface area contributed by atoms with Crippen LogP contribution in [-0.4, -0.2) is 62.4 Å². The van der Waals surface area contributed by atoms with Crippen LogP contribution in [0.3, 0.4) is 0 Å². The number of para-hydroxylation sites is 2. The van der Waals surface area contributed by atoms with Crippen LogP contribution in [-0.2, 0) is 11.3 Å². The van der Waals surface area contributed by atoms with Gasteiger partial charge in [-0.25, -0.2) is 0 Å². The van der Waals surface area contributed by atoms with Gasteiger partial charge in [0, 0.05) is 51.7 Å². The first kappa shape index (κ1) is 19.6. The second kappa shape index (κ2) is 8.37. The predicted molar refractivity (Wildman–Crippen MR) is 117 cm³/mol. The van der Waals surface area contributed by atoms with Crippen molar-refractivity contribution in [1.29, 1.82) is 5.26 Å². The van der Waals surface area contributed by atoms with Crippen molar-refractivity contribution < 1.29 is 4.79 Å². The normalized spacial score (nSPS) is 17.3. The molecule has 150 valence electrons. The molecule has 2 aliphatic heterocycles. The van der Waals surface area contributed by atoms with Gasteiger partial charge in [-0.3, -0.25) is 14.6 Å². The first-order valence-electron chi connectivity index (χ1n) is 9.79. The Kier molecular flexibility index (Phi) is 5.67. The summed E-state index contributed by atoms with van der Waals surface area (Å²) in [4.78, 5) is 22.8. The molecule has 0 radical (unpaired) electrons. The molecule has 29 heavy (non-hydrogen) atoms. The Morgan fingerprint density at radius 2 is 1.62 bits per heavy atom. The molecule has 0 amide bonds. The molecule has 0 unspecified atom stereocenters. The number of anilines is 2. The van der Waals surface area contributed by atoms with Gasteiger partial charge in [-0.2, -0.15) is 5.26 Å². The first-order chi connectivity index (χ1) is 14.1. The zero-order valence-electron chi connectivity index (χ0n) is 16.8. The van der Waals surface area contributed by atoms with E-state index < -0.39 is 0 Å². The lowest BCUT2D eigenvalue weighted by atomic mass is 10.1. The van der Waals surface area contributed by atoms with Crippen molar-refractivity contribution in [3.05, 3.63) is 58.0 Å². The maximum atomic E-state index is 13.0. The van der Waals surface area contributed by atoms with Crippen molar-refractivity contribution >= 4 is 28.5 Å². The molecule has 0 atom stereocenters. The van der Waals surface area contributed by atoms with E-state index in [2.05, 4.69) is 33.4 Å². The number of rotatable bonds is 5. The molecule has 0 bridgehead atoms. The Labute approximate surface area is 175 Å². The van der Waals surface area contributed by atoms with Crippen molar-refractivity contribution in [2.75, 3.05) is 56.6 Å². The number of fused-ring (bicyclic) bond motifs is 1. The van der Waals surface area contributed by atoms with E-state index in [0.717, 1.165) is 44.1 Å².